The summed E-state index contributed by atoms with van der Waals surface area (Å²) in [4.78, 5) is 21.7. The fourth-order valence-corrected chi connectivity index (χ4v) is 5.42. The average molecular weight is 290 g/mol. The van der Waals surface area contributed by atoms with Crippen molar-refractivity contribution in [1.82, 2.24) is 10.9 Å². The van der Waals surface area contributed by atoms with Crippen molar-refractivity contribution >= 4 is 23.5 Å². The zero-order valence-electron chi connectivity index (χ0n) is 11.5. The molecule has 0 aromatic heterocycles. The molecule has 0 aromatic carbocycles. The van der Waals surface area contributed by atoms with Crippen molar-refractivity contribution in [3.05, 3.63) is 0 Å². The summed E-state index contributed by atoms with van der Waals surface area (Å²) in [6.07, 6.45) is 3.10. The van der Waals surface area contributed by atoms with E-state index in [2.05, 4.69) is 21.1 Å². The fourth-order valence-electron chi connectivity index (χ4n) is 5.42. The van der Waals surface area contributed by atoms with Gasteiger partial charge in [0.05, 0.1) is 0 Å². The molecule has 21 heavy (non-hydrogen) atoms. The van der Waals surface area contributed by atoms with Crippen LogP contribution in [0.2, 0.25) is 0 Å². The quantitative estimate of drug-likeness (QED) is 0.531. The van der Waals surface area contributed by atoms with E-state index in [4.69, 9.17) is 11.5 Å². The maximum atomic E-state index is 10.9. The van der Waals surface area contributed by atoms with E-state index < -0.39 is 12.1 Å². The van der Waals surface area contributed by atoms with Crippen LogP contribution in [0.1, 0.15) is 19.3 Å². The van der Waals surface area contributed by atoms with Gasteiger partial charge in [0.25, 0.3) is 0 Å². The number of amides is 4. The second-order valence-electron chi connectivity index (χ2n) is 6.51. The van der Waals surface area contributed by atoms with Crippen LogP contribution in [0, 0.1) is 35.5 Å². The van der Waals surface area contributed by atoms with Crippen molar-refractivity contribution in [3.63, 3.8) is 0 Å². The van der Waals surface area contributed by atoms with Crippen LogP contribution in [-0.4, -0.2) is 23.5 Å². The molecule has 6 atom stereocenters. The number of rotatable bonds is 2. The second-order valence-corrected chi connectivity index (χ2v) is 6.51. The van der Waals surface area contributed by atoms with Crippen LogP contribution in [0.5, 0.6) is 0 Å². The normalized spacial score (nSPS) is 45.5. The van der Waals surface area contributed by atoms with E-state index in [1.807, 2.05) is 0 Å². The number of carbonyl (C=O) groups is 2. The van der Waals surface area contributed by atoms with Gasteiger partial charge in [0.2, 0.25) is 0 Å². The first-order chi connectivity index (χ1) is 10.1. The number of nitrogens with two attached hydrogens (primary N) is 2. The molecule has 4 amide bonds. The SMILES string of the molecule is NC(=O)N/N=C1/C[C@H]2[C@H]3C/C(=N\NC(N)=O)[C@H]4[C@@H]3C[C@@H]2[C@H]14. The minimum Gasteiger partial charge on any atom is -0.350 e. The molecule has 2 bridgehead atoms. The van der Waals surface area contributed by atoms with Crippen LogP contribution in [0.15, 0.2) is 10.2 Å². The van der Waals surface area contributed by atoms with Crippen molar-refractivity contribution in [2.45, 2.75) is 19.3 Å². The van der Waals surface area contributed by atoms with E-state index in [1.54, 1.807) is 0 Å². The lowest BCUT2D eigenvalue weighted by molar-refractivity contribution is 0.241. The van der Waals surface area contributed by atoms with Gasteiger partial charge in [0, 0.05) is 23.3 Å². The van der Waals surface area contributed by atoms with Gasteiger partial charge in [-0.15, -0.1) is 0 Å². The van der Waals surface area contributed by atoms with Gasteiger partial charge < -0.3 is 11.5 Å². The molecular formula is C13H18N6O2. The molecule has 4 aliphatic carbocycles. The maximum Gasteiger partial charge on any atom is 0.332 e. The number of nitrogens with zero attached hydrogens (tertiary/aromatic N) is 2. The number of fused-ring (bicyclic) bond motifs is 2. The first-order valence-electron chi connectivity index (χ1n) is 7.30. The molecule has 112 valence electrons. The minimum atomic E-state index is -0.634. The highest BCUT2D eigenvalue weighted by atomic mass is 16.2. The van der Waals surface area contributed by atoms with Crippen LogP contribution in [-0.2, 0) is 0 Å². The van der Waals surface area contributed by atoms with Gasteiger partial charge in [0.15, 0.2) is 0 Å². The predicted octanol–water partition coefficient (Wildman–Crippen LogP) is -0.0431. The van der Waals surface area contributed by atoms with Crippen molar-refractivity contribution in [1.29, 1.82) is 0 Å². The first kappa shape index (κ1) is 12.6. The van der Waals surface area contributed by atoms with Gasteiger partial charge in [-0.1, -0.05) is 0 Å². The number of hydrogen-bond acceptors (Lipinski definition) is 4. The van der Waals surface area contributed by atoms with E-state index in [1.165, 1.54) is 6.42 Å². The van der Waals surface area contributed by atoms with Gasteiger partial charge in [-0.25, -0.2) is 20.4 Å². The predicted molar refractivity (Wildman–Crippen MR) is 75.1 cm³/mol. The zero-order chi connectivity index (χ0) is 14.7. The smallest absolute Gasteiger partial charge is 0.332 e. The van der Waals surface area contributed by atoms with Crippen molar-refractivity contribution < 1.29 is 9.59 Å². The Hall–Kier alpha value is -2.12. The Morgan fingerprint density at radius 3 is 1.67 bits per heavy atom. The Morgan fingerprint density at radius 2 is 1.29 bits per heavy atom. The minimum absolute atomic E-state index is 0.332. The van der Waals surface area contributed by atoms with Gasteiger partial charge in [-0.2, -0.15) is 10.2 Å². The summed E-state index contributed by atoms with van der Waals surface area (Å²) >= 11 is 0. The second kappa shape index (κ2) is 4.19. The monoisotopic (exact) mass is 290 g/mol. The molecule has 4 rings (SSSR count). The molecule has 0 unspecified atom stereocenters. The number of carbonyl (C=O) groups excluding carboxylic acids is 2. The third-order valence-electron chi connectivity index (χ3n) is 5.78. The molecule has 0 radical (unpaired) electrons. The maximum absolute atomic E-state index is 10.9. The van der Waals surface area contributed by atoms with Gasteiger partial charge in [-0.05, 0) is 42.9 Å². The molecule has 0 aliphatic heterocycles. The molecule has 4 aliphatic rings. The zero-order valence-corrected chi connectivity index (χ0v) is 11.5. The molecule has 6 N–H and O–H groups in total. The Bertz CT molecular complexity index is 531. The highest BCUT2D eigenvalue weighted by molar-refractivity contribution is 6.01. The summed E-state index contributed by atoms with van der Waals surface area (Å²) in [7, 11) is 0. The number of urea groups is 2. The first-order valence-corrected chi connectivity index (χ1v) is 7.30. The molecule has 8 heteroatoms. The molecule has 0 saturated heterocycles. The van der Waals surface area contributed by atoms with Gasteiger partial charge >= 0.3 is 12.1 Å². The summed E-state index contributed by atoms with van der Waals surface area (Å²) in [5.74, 6) is 3.20. The van der Waals surface area contributed by atoms with E-state index in [0.717, 1.165) is 24.3 Å². The molecule has 4 fully saturated rings. The van der Waals surface area contributed by atoms with Crippen LogP contribution in [0.3, 0.4) is 0 Å². The third kappa shape index (κ3) is 1.68. The Balaban J connectivity index is 1.63. The van der Waals surface area contributed by atoms with Crippen molar-refractivity contribution in [2.24, 2.45) is 57.2 Å². The number of hydrogen-bond donors (Lipinski definition) is 4. The van der Waals surface area contributed by atoms with Crippen LogP contribution in [0.4, 0.5) is 9.59 Å². The number of nitrogens with one attached hydrogen (secondary N) is 2. The highest BCUT2D eigenvalue weighted by Crippen LogP contribution is 2.68. The van der Waals surface area contributed by atoms with Crippen LogP contribution < -0.4 is 22.3 Å². The topological polar surface area (TPSA) is 135 Å². The molecule has 0 aromatic rings. The standard InChI is InChI=1S/C13H18N6O2/c14-12(20)18-16-8-2-4-5-3-9(17-19-13(15)21)11-7(5)1-6(4)10(8)11/h4-7,10-11H,1-3H2,(H3,14,18,20)(H3,15,19,21)/b16-8-,17-9+/t4-,5+,6-,7+,10+,11+/m0/s1. The molecule has 0 heterocycles. The molecule has 8 nitrogen and oxygen atoms in total. The van der Waals surface area contributed by atoms with Crippen LogP contribution >= 0.6 is 0 Å². The number of primary amides is 2. The Labute approximate surface area is 121 Å². The highest BCUT2D eigenvalue weighted by Gasteiger charge is 2.67. The van der Waals surface area contributed by atoms with E-state index >= 15 is 0 Å². The van der Waals surface area contributed by atoms with E-state index in [0.29, 0.717) is 35.5 Å². The Kier molecular flexibility index (Phi) is 2.51. The van der Waals surface area contributed by atoms with Crippen molar-refractivity contribution in [3.8, 4) is 0 Å². The lowest BCUT2D eigenvalue weighted by atomic mass is 9.79. The summed E-state index contributed by atoms with van der Waals surface area (Å²) in [5.41, 5.74) is 17.0. The summed E-state index contributed by atoms with van der Waals surface area (Å²) < 4.78 is 0. The fraction of sp³-hybridized carbons (Fsp3) is 0.692. The summed E-state index contributed by atoms with van der Waals surface area (Å²) in [5, 5.41) is 8.43. The van der Waals surface area contributed by atoms with Crippen LogP contribution in [0.25, 0.3) is 0 Å². The third-order valence-corrected chi connectivity index (χ3v) is 5.78. The molecule has 4 saturated carbocycles. The lowest BCUT2D eigenvalue weighted by Gasteiger charge is -2.24. The lowest BCUT2D eigenvalue weighted by Crippen LogP contribution is -2.32. The van der Waals surface area contributed by atoms with E-state index in [-0.39, 0.29) is 0 Å². The average Bonchev–Trinajstić information content (AvgIpc) is 3.03. The summed E-state index contributed by atoms with van der Waals surface area (Å²) in [6.45, 7) is 0. The molecular weight excluding hydrogens is 272 g/mol. The summed E-state index contributed by atoms with van der Waals surface area (Å²) in [6, 6.07) is -1.27. The molecule has 0 spiro atoms. The number of hydrazone groups is 2. The van der Waals surface area contributed by atoms with Gasteiger partial charge in [0.1, 0.15) is 0 Å². The van der Waals surface area contributed by atoms with Gasteiger partial charge in [-0.3, -0.25) is 0 Å². The van der Waals surface area contributed by atoms with E-state index in [9.17, 15) is 9.59 Å². The van der Waals surface area contributed by atoms with Crippen molar-refractivity contribution in [2.75, 3.05) is 0 Å². The Morgan fingerprint density at radius 1 is 0.857 bits per heavy atom. The largest absolute Gasteiger partial charge is 0.350 e.